The highest BCUT2D eigenvalue weighted by Crippen LogP contribution is 2.26. The van der Waals surface area contributed by atoms with E-state index in [9.17, 15) is 4.79 Å². The van der Waals surface area contributed by atoms with Crippen molar-refractivity contribution in [2.24, 2.45) is 11.8 Å². The van der Waals surface area contributed by atoms with Crippen molar-refractivity contribution in [1.29, 1.82) is 0 Å². The van der Waals surface area contributed by atoms with Crippen LogP contribution in [0.4, 0.5) is 0 Å². The summed E-state index contributed by atoms with van der Waals surface area (Å²) in [5.41, 5.74) is 0. The molecule has 0 amide bonds. The molecule has 2 atom stereocenters. The van der Waals surface area contributed by atoms with Crippen molar-refractivity contribution in [1.82, 2.24) is 4.90 Å². The molecule has 14 heavy (non-hydrogen) atoms. The van der Waals surface area contributed by atoms with Gasteiger partial charge in [-0.15, -0.1) is 0 Å². The van der Waals surface area contributed by atoms with Crippen LogP contribution < -0.4 is 0 Å². The summed E-state index contributed by atoms with van der Waals surface area (Å²) in [6.07, 6.45) is 2.83. The summed E-state index contributed by atoms with van der Waals surface area (Å²) >= 11 is 0. The van der Waals surface area contributed by atoms with Gasteiger partial charge in [-0.2, -0.15) is 0 Å². The predicted octanol–water partition coefficient (Wildman–Crippen LogP) is 0.916. The quantitative estimate of drug-likeness (QED) is 0.732. The second-order valence-electron chi connectivity index (χ2n) is 4.53. The van der Waals surface area contributed by atoms with Crippen molar-refractivity contribution in [2.45, 2.75) is 26.2 Å². The molecule has 1 aliphatic carbocycles. The highest BCUT2D eigenvalue weighted by atomic mass is 16.3. The minimum Gasteiger partial charge on any atom is -0.395 e. The number of likely N-dealkylation sites (N-methyl/N-ethyl adjacent to an activating group) is 1. The van der Waals surface area contributed by atoms with Crippen LogP contribution in [0.5, 0.6) is 0 Å². The average molecular weight is 199 g/mol. The Balaban J connectivity index is 2.37. The summed E-state index contributed by atoms with van der Waals surface area (Å²) in [5.74, 6) is 1.29. The Morgan fingerprint density at radius 2 is 2.29 bits per heavy atom. The number of aliphatic hydroxyl groups is 1. The lowest BCUT2D eigenvalue weighted by molar-refractivity contribution is -0.126. The maximum atomic E-state index is 11.6. The fourth-order valence-corrected chi connectivity index (χ4v) is 2.14. The Hall–Kier alpha value is -0.410. The fraction of sp³-hybridized carbons (Fsp3) is 0.909. The highest BCUT2D eigenvalue weighted by Gasteiger charge is 2.26. The van der Waals surface area contributed by atoms with E-state index in [0.29, 0.717) is 18.2 Å². The molecule has 82 valence electrons. The third-order valence-corrected chi connectivity index (χ3v) is 3.04. The molecule has 3 heteroatoms. The van der Waals surface area contributed by atoms with Crippen LogP contribution in [-0.2, 0) is 4.79 Å². The van der Waals surface area contributed by atoms with Gasteiger partial charge in [0.15, 0.2) is 0 Å². The van der Waals surface area contributed by atoms with E-state index in [2.05, 4.69) is 6.92 Å². The van der Waals surface area contributed by atoms with Crippen molar-refractivity contribution in [3.05, 3.63) is 0 Å². The Morgan fingerprint density at radius 1 is 1.57 bits per heavy atom. The van der Waals surface area contributed by atoms with Gasteiger partial charge in [-0.1, -0.05) is 6.92 Å². The number of rotatable bonds is 4. The lowest BCUT2D eigenvalue weighted by Crippen LogP contribution is -2.35. The summed E-state index contributed by atoms with van der Waals surface area (Å²) in [6, 6.07) is 0. The van der Waals surface area contributed by atoms with Gasteiger partial charge < -0.3 is 10.0 Å². The second kappa shape index (κ2) is 5.47. The van der Waals surface area contributed by atoms with Gasteiger partial charge in [0.2, 0.25) is 0 Å². The van der Waals surface area contributed by atoms with Crippen LogP contribution in [0.15, 0.2) is 0 Å². The van der Waals surface area contributed by atoms with E-state index in [1.165, 1.54) is 0 Å². The number of hydrogen-bond donors (Lipinski definition) is 1. The molecule has 1 rings (SSSR count). The molecule has 1 N–H and O–H groups in total. The first kappa shape index (κ1) is 11.7. The van der Waals surface area contributed by atoms with E-state index < -0.39 is 0 Å². The van der Waals surface area contributed by atoms with E-state index in [1.54, 1.807) is 0 Å². The number of hydrogen-bond acceptors (Lipinski definition) is 3. The summed E-state index contributed by atoms with van der Waals surface area (Å²) in [6.45, 7) is 3.86. The van der Waals surface area contributed by atoms with Gasteiger partial charge >= 0.3 is 0 Å². The topological polar surface area (TPSA) is 40.5 Å². The molecule has 0 aromatic carbocycles. The molecule has 2 unspecified atom stereocenters. The van der Waals surface area contributed by atoms with Crippen LogP contribution in [0, 0.1) is 11.8 Å². The van der Waals surface area contributed by atoms with Gasteiger partial charge in [-0.05, 0) is 25.8 Å². The molecule has 0 spiro atoms. The molecule has 0 heterocycles. The Labute approximate surface area is 86.1 Å². The summed E-state index contributed by atoms with van der Waals surface area (Å²) in [7, 11) is 1.96. The molecule has 0 aromatic rings. The van der Waals surface area contributed by atoms with Crippen LogP contribution in [-0.4, -0.2) is 42.5 Å². The number of nitrogens with zero attached hydrogens (tertiary/aromatic N) is 1. The van der Waals surface area contributed by atoms with Crippen molar-refractivity contribution in [3.8, 4) is 0 Å². The fourth-order valence-electron chi connectivity index (χ4n) is 2.14. The summed E-state index contributed by atoms with van der Waals surface area (Å²) < 4.78 is 0. The zero-order chi connectivity index (χ0) is 10.6. The lowest BCUT2D eigenvalue weighted by atomic mass is 9.81. The van der Waals surface area contributed by atoms with Gasteiger partial charge in [-0.25, -0.2) is 0 Å². The summed E-state index contributed by atoms with van der Waals surface area (Å²) in [4.78, 5) is 13.6. The van der Waals surface area contributed by atoms with Gasteiger partial charge in [0.05, 0.1) is 6.61 Å². The smallest absolute Gasteiger partial charge is 0.137 e. The number of carbonyl (C=O) groups is 1. The second-order valence-corrected chi connectivity index (χ2v) is 4.53. The molecule has 1 aliphatic rings. The van der Waals surface area contributed by atoms with Crippen LogP contribution in [0.25, 0.3) is 0 Å². The van der Waals surface area contributed by atoms with Gasteiger partial charge in [0, 0.05) is 25.4 Å². The minimum atomic E-state index is 0.174. The van der Waals surface area contributed by atoms with E-state index in [1.807, 2.05) is 11.9 Å². The number of carbonyl (C=O) groups excluding carboxylic acids is 1. The first-order valence-electron chi connectivity index (χ1n) is 5.45. The van der Waals surface area contributed by atoms with E-state index in [4.69, 9.17) is 5.11 Å². The zero-order valence-electron chi connectivity index (χ0n) is 9.20. The Bertz CT molecular complexity index is 194. The zero-order valence-corrected chi connectivity index (χ0v) is 9.20. The highest BCUT2D eigenvalue weighted by molar-refractivity contribution is 5.81. The van der Waals surface area contributed by atoms with Crippen LogP contribution >= 0.6 is 0 Å². The maximum absolute atomic E-state index is 11.6. The molecule has 0 aliphatic heterocycles. The maximum Gasteiger partial charge on any atom is 0.137 e. The third kappa shape index (κ3) is 3.39. The monoisotopic (exact) mass is 199 g/mol. The van der Waals surface area contributed by atoms with Crippen LogP contribution in [0.1, 0.15) is 26.2 Å². The molecular weight excluding hydrogens is 178 g/mol. The van der Waals surface area contributed by atoms with Crippen molar-refractivity contribution >= 4 is 5.78 Å². The van der Waals surface area contributed by atoms with E-state index in [-0.39, 0.29) is 12.5 Å². The predicted molar refractivity (Wildman–Crippen MR) is 56.1 cm³/mol. The summed E-state index contributed by atoms with van der Waals surface area (Å²) in [5, 5.41) is 8.76. The Kier molecular flexibility index (Phi) is 4.55. The first-order chi connectivity index (χ1) is 6.63. The standard InChI is InChI=1S/C11H21NO2/c1-9-3-4-11(14)10(7-9)8-12(2)5-6-13/h9-10,13H,3-8H2,1-2H3. The molecule has 0 aromatic heterocycles. The molecule has 0 saturated heterocycles. The molecule has 0 bridgehead atoms. The Morgan fingerprint density at radius 3 is 2.93 bits per heavy atom. The molecule has 3 nitrogen and oxygen atoms in total. The average Bonchev–Trinajstić information content (AvgIpc) is 2.12. The normalized spacial score (nSPS) is 28.4. The largest absolute Gasteiger partial charge is 0.395 e. The molecule has 1 saturated carbocycles. The van der Waals surface area contributed by atoms with E-state index >= 15 is 0 Å². The van der Waals surface area contributed by atoms with Crippen LogP contribution in [0.2, 0.25) is 0 Å². The number of aliphatic hydroxyl groups excluding tert-OH is 1. The molecule has 1 fully saturated rings. The third-order valence-electron chi connectivity index (χ3n) is 3.04. The van der Waals surface area contributed by atoms with Gasteiger partial charge in [-0.3, -0.25) is 4.79 Å². The van der Waals surface area contributed by atoms with E-state index in [0.717, 1.165) is 25.8 Å². The molecule has 0 radical (unpaired) electrons. The number of Topliss-reactive ketones (excluding diaryl/α,β-unsaturated/α-hetero) is 1. The SMILES string of the molecule is CC1CCC(=O)C(CN(C)CCO)C1. The van der Waals surface area contributed by atoms with Crippen molar-refractivity contribution in [3.63, 3.8) is 0 Å². The molecular formula is C11H21NO2. The van der Waals surface area contributed by atoms with Crippen molar-refractivity contribution < 1.29 is 9.90 Å². The lowest BCUT2D eigenvalue weighted by Gasteiger charge is -2.28. The number of ketones is 1. The van der Waals surface area contributed by atoms with Gasteiger partial charge in [0.1, 0.15) is 5.78 Å². The van der Waals surface area contributed by atoms with Crippen LogP contribution in [0.3, 0.4) is 0 Å². The minimum absolute atomic E-state index is 0.174. The van der Waals surface area contributed by atoms with Gasteiger partial charge in [0.25, 0.3) is 0 Å². The van der Waals surface area contributed by atoms with Crippen molar-refractivity contribution in [2.75, 3.05) is 26.7 Å². The first-order valence-corrected chi connectivity index (χ1v) is 5.45.